The van der Waals surface area contributed by atoms with Crippen LogP contribution in [0, 0.1) is 0 Å². The van der Waals surface area contributed by atoms with E-state index in [0.29, 0.717) is 6.04 Å². The average Bonchev–Trinajstić information content (AvgIpc) is 2.93. The molecule has 0 bridgehead atoms. The second kappa shape index (κ2) is 5.75. The van der Waals surface area contributed by atoms with Crippen molar-refractivity contribution in [1.29, 1.82) is 0 Å². The number of hydrogen-bond donors (Lipinski definition) is 0. The van der Waals surface area contributed by atoms with Crippen molar-refractivity contribution in [2.45, 2.75) is 38.4 Å². The lowest BCUT2D eigenvalue weighted by Gasteiger charge is -2.40. The Kier molecular flexibility index (Phi) is 3.53. The SMILES string of the molecule is Brc1ccc2c(c1)c1c3n2CCN(Cc2ccccc2)[C@H]3CCC1. The van der Waals surface area contributed by atoms with Gasteiger partial charge in [-0.25, -0.2) is 0 Å². The molecule has 0 N–H and O–H groups in total. The van der Waals surface area contributed by atoms with Crippen LogP contribution in [-0.4, -0.2) is 16.0 Å². The third kappa shape index (κ3) is 2.26. The fraction of sp³-hybridized carbons (Fsp3) is 0.333. The predicted molar refractivity (Wildman–Crippen MR) is 102 cm³/mol. The van der Waals surface area contributed by atoms with Crippen LogP contribution in [0.4, 0.5) is 0 Å². The molecule has 122 valence electrons. The summed E-state index contributed by atoms with van der Waals surface area (Å²) in [4.78, 5) is 2.70. The number of aryl methyl sites for hydroxylation is 1. The van der Waals surface area contributed by atoms with Crippen molar-refractivity contribution >= 4 is 26.8 Å². The second-order valence-electron chi connectivity index (χ2n) is 7.04. The van der Waals surface area contributed by atoms with E-state index in [4.69, 9.17) is 0 Å². The number of rotatable bonds is 2. The summed E-state index contributed by atoms with van der Waals surface area (Å²) in [6.45, 7) is 3.32. The zero-order valence-electron chi connectivity index (χ0n) is 13.7. The molecule has 2 aliphatic rings. The first-order chi connectivity index (χ1) is 11.8. The lowest BCUT2D eigenvalue weighted by atomic mass is 9.89. The number of fused-ring (bicyclic) bond motifs is 3. The highest BCUT2D eigenvalue weighted by atomic mass is 79.9. The van der Waals surface area contributed by atoms with Gasteiger partial charge in [0.2, 0.25) is 0 Å². The molecule has 0 unspecified atom stereocenters. The first kappa shape index (κ1) is 14.7. The van der Waals surface area contributed by atoms with E-state index in [0.717, 1.165) is 19.6 Å². The Hall–Kier alpha value is -1.58. The van der Waals surface area contributed by atoms with Crippen LogP contribution >= 0.6 is 15.9 Å². The van der Waals surface area contributed by atoms with Gasteiger partial charge in [-0.05, 0) is 48.6 Å². The normalized spacial score (nSPS) is 20.3. The maximum Gasteiger partial charge on any atom is 0.0508 e. The molecule has 0 amide bonds. The molecule has 1 aliphatic carbocycles. The summed E-state index contributed by atoms with van der Waals surface area (Å²) < 4.78 is 3.79. The summed E-state index contributed by atoms with van der Waals surface area (Å²) >= 11 is 3.66. The van der Waals surface area contributed by atoms with Gasteiger partial charge in [-0.2, -0.15) is 0 Å². The summed E-state index contributed by atoms with van der Waals surface area (Å²) in [5, 5.41) is 1.46. The second-order valence-corrected chi connectivity index (χ2v) is 7.96. The van der Waals surface area contributed by atoms with Crippen molar-refractivity contribution in [1.82, 2.24) is 9.47 Å². The molecule has 0 saturated heterocycles. The zero-order valence-corrected chi connectivity index (χ0v) is 15.3. The van der Waals surface area contributed by atoms with Crippen molar-refractivity contribution in [2.75, 3.05) is 6.54 Å². The van der Waals surface area contributed by atoms with E-state index in [2.05, 4.69) is 73.9 Å². The van der Waals surface area contributed by atoms with Crippen molar-refractivity contribution in [3.05, 3.63) is 69.8 Å². The van der Waals surface area contributed by atoms with E-state index in [-0.39, 0.29) is 0 Å². The van der Waals surface area contributed by atoms with Gasteiger partial charge < -0.3 is 4.57 Å². The molecule has 2 nitrogen and oxygen atoms in total. The Morgan fingerprint density at radius 2 is 1.92 bits per heavy atom. The smallest absolute Gasteiger partial charge is 0.0508 e. The molecule has 24 heavy (non-hydrogen) atoms. The van der Waals surface area contributed by atoms with Crippen LogP contribution < -0.4 is 0 Å². The molecule has 3 heteroatoms. The first-order valence-electron chi connectivity index (χ1n) is 8.90. The highest BCUT2D eigenvalue weighted by Gasteiger charge is 2.34. The molecule has 3 aromatic rings. The topological polar surface area (TPSA) is 8.17 Å². The Morgan fingerprint density at radius 3 is 2.79 bits per heavy atom. The van der Waals surface area contributed by atoms with Gasteiger partial charge in [0.25, 0.3) is 0 Å². The van der Waals surface area contributed by atoms with Gasteiger partial charge in [0.15, 0.2) is 0 Å². The number of halogens is 1. The monoisotopic (exact) mass is 380 g/mol. The minimum absolute atomic E-state index is 0.578. The summed E-state index contributed by atoms with van der Waals surface area (Å²) in [5.41, 5.74) is 6.04. The van der Waals surface area contributed by atoms with Crippen LogP contribution in [-0.2, 0) is 19.5 Å². The molecule has 1 aromatic heterocycles. The Balaban J connectivity index is 1.60. The van der Waals surface area contributed by atoms with Gasteiger partial charge in [0, 0.05) is 40.7 Å². The summed E-state index contributed by atoms with van der Waals surface area (Å²) in [6, 6.07) is 18.3. The van der Waals surface area contributed by atoms with Crippen molar-refractivity contribution < 1.29 is 0 Å². The van der Waals surface area contributed by atoms with E-state index in [1.807, 2.05) is 0 Å². The number of nitrogens with zero attached hydrogens (tertiary/aromatic N) is 2. The lowest BCUT2D eigenvalue weighted by molar-refractivity contribution is 0.133. The van der Waals surface area contributed by atoms with Crippen LogP contribution in [0.1, 0.15) is 35.7 Å². The van der Waals surface area contributed by atoms with Crippen molar-refractivity contribution in [2.24, 2.45) is 0 Å². The molecular formula is C21H21BrN2. The van der Waals surface area contributed by atoms with E-state index < -0.39 is 0 Å². The third-order valence-corrected chi connectivity index (χ3v) is 6.17. The first-order valence-corrected chi connectivity index (χ1v) is 9.69. The average molecular weight is 381 g/mol. The summed E-state index contributed by atoms with van der Waals surface area (Å²) in [7, 11) is 0. The maximum absolute atomic E-state index is 3.66. The zero-order chi connectivity index (χ0) is 16.1. The minimum Gasteiger partial charge on any atom is -0.342 e. The highest BCUT2D eigenvalue weighted by Crippen LogP contribution is 2.43. The van der Waals surface area contributed by atoms with Gasteiger partial charge in [-0.15, -0.1) is 0 Å². The minimum atomic E-state index is 0.578. The van der Waals surface area contributed by atoms with Gasteiger partial charge >= 0.3 is 0 Å². The Bertz CT molecular complexity index is 897. The largest absolute Gasteiger partial charge is 0.342 e. The van der Waals surface area contributed by atoms with Crippen LogP contribution in [0.15, 0.2) is 53.0 Å². The molecule has 0 radical (unpaired) electrons. The van der Waals surface area contributed by atoms with Crippen LogP contribution in [0.5, 0.6) is 0 Å². The third-order valence-electron chi connectivity index (χ3n) is 5.67. The molecule has 0 fully saturated rings. The molecule has 2 heterocycles. The van der Waals surface area contributed by atoms with E-state index >= 15 is 0 Å². The van der Waals surface area contributed by atoms with E-state index in [1.54, 1.807) is 11.3 Å². The number of benzene rings is 2. The quantitative estimate of drug-likeness (QED) is 0.585. The molecule has 5 rings (SSSR count). The van der Waals surface area contributed by atoms with Gasteiger partial charge in [-0.3, -0.25) is 4.90 Å². The van der Waals surface area contributed by atoms with Crippen LogP contribution in [0.2, 0.25) is 0 Å². The van der Waals surface area contributed by atoms with Crippen LogP contribution in [0.3, 0.4) is 0 Å². The van der Waals surface area contributed by atoms with Gasteiger partial charge in [0.05, 0.1) is 6.04 Å². The number of hydrogen-bond acceptors (Lipinski definition) is 1. The molecule has 2 aromatic carbocycles. The van der Waals surface area contributed by atoms with Crippen molar-refractivity contribution in [3.63, 3.8) is 0 Å². The standard InChI is InChI=1S/C21H21BrN2/c22-16-9-10-19-18(13-16)17-7-4-8-20-21(17)24(19)12-11-23(20)14-15-5-2-1-3-6-15/h1-3,5-6,9-10,13,20H,4,7-8,11-12,14H2/t20-/m0/s1. The van der Waals surface area contributed by atoms with E-state index in [9.17, 15) is 0 Å². The molecular weight excluding hydrogens is 360 g/mol. The van der Waals surface area contributed by atoms with Crippen molar-refractivity contribution in [3.8, 4) is 0 Å². The van der Waals surface area contributed by atoms with Gasteiger partial charge in [-0.1, -0.05) is 46.3 Å². The Morgan fingerprint density at radius 1 is 1.04 bits per heavy atom. The van der Waals surface area contributed by atoms with Gasteiger partial charge in [0.1, 0.15) is 0 Å². The fourth-order valence-corrected chi connectivity index (χ4v) is 5.02. The number of aromatic nitrogens is 1. The lowest BCUT2D eigenvalue weighted by Crippen LogP contribution is -2.39. The summed E-state index contributed by atoms with van der Waals surface area (Å²) in [6.07, 6.45) is 3.82. The maximum atomic E-state index is 3.66. The van der Waals surface area contributed by atoms with E-state index in [1.165, 1.54) is 40.2 Å². The molecule has 1 atom stereocenters. The predicted octanol–water partition coefficient (Wildman–Crippen LogP) is 5.30. The molecule has 1 aliphatic heterocycles. The Labute approximate surface area is 151 Å². The highest BCUT2D eigenvalue weighted by molar-refractivity contribution is 9.10. The summed E-state index contributed by atoms with van der Waals surface area (Å²) in [5.74, 6) is 0. The molecule has 0 saturated carbocycles. The molecule has 0 spiro atoms. The van der Waals surface area contributed by atoms with Crippen LogP contribution in [0.25, 0.3) is 10.9 Å². The fourth-order valence-electron chi connectivity index (χ4n) is 4.66.